The largest absolute Gasteiger partial charge is 0.356 e. The maximum absolute atomic E-state index is 12.3. The van der Waals surface area contributed by atoms with Gasteiger partial charge in [0.25, 0.3) is 0 Å². The molecule has 0 bridgehead atoms. The minimum Gasteiger partial charge on any atom is -0.356 e. The third kappa shape index (κ3) is 5.06. The van der Waals surface area contributed by atoms with Crippen molar-refractivity contribution in [2.75, 3.05) is 13.1 Å². The molecule has 1 amide bonds. The fourth-order valence-corrected chi connectivity index (χ4v) is 3.96. The van der Waals surface area contributed by atoms with Crippen LogP contribution in [0.15, 0.2) is 0 Å². The Hall–Kier alpha value is -0.940. The highest BCUT2D eigenvalue weighted by atomic mass is 16.1. The van der Waals surface area contributed by atoms with Crippen LogP contribution in [0.5, 0.6) is 0 Å². The van der Waals surface area contributed by atoms with Gasteiger partial charge in [0, 0.05) is 24.9 Å². The molecule has 0 atom stereocenters. The summed E-state index contributed by atoms with van der Waals surface area (Å²) in [5.41, 5.74) is 2.74. The van der Waals surface area contributed by atoms with Crippen LogP contribution in [0.25, 0.3) is 0 Å². The van der Waals surface area contributed by atoms with Crippen LogP contribution < -0.4 is 16.6 Å². The lowest BCUT2D eigenvalue weighted by Gasteiger charge is -2.30. The van der Waals surface area contributed by atoms with Crippen molar-refractivity contribution in [2.45, 2.75) is 58.3 Å². The lowest BCUT2D eigenvalue weighted by Crippen LogP contribution is -2.38. The number of carbonyl (C=O) groups excluding carboxylic acids is 2. The highest BCUT2D eigenvalue weighted by molar-refractivity contribution is 5.79. The molecule has 0 aromatic carbocycles. The van der Waals surface area contributed by atoms with E-state index in [1.165, 1.54) is 0 Å². The van der Waals surface area contributed by atoms with Gasteiger partial charge in [0.15, 0.2) is 0 Å². The van der Waals surface area contributed by atoms with E-state index in [2.05, 4.69) is 10.7 Å². The molecule has 2 saturated carbocycles. The number of nitrogens with one attached hydrogen (secondary N) is 2. The van der Waals surface area contributed by atoms with Crippen LogP contribution >= 0.6 is 0 Å². The second kappa shape index (κ2) is 8.63. The molecule has 5 heteroatoms. The lowest BCUT2D eigenvalue weighted by molar-refractivity contribution is -0.127. The first-order chi connectivity index (χ1) is 10.6. The van der Waals surface area contributed by atoms with Gasteiger partial charge in [-0.2, -0.15) is 0 Å². The van der Waals surface area contributed by atoms with Crippen LogP contribution in [0.3, 0.4) is 0 Å². The average Bonchev–Trinajstić information content (AvgIpc) is 2.54. The zero-order valence-electron chi connectivity index (χ0n) is 13.8. The molecule has 0 saturated heterocycles. The molecular weight excluding hydrogens is 278 g/mol. The number of rotatable bonds is 6. The summed E-state index contributed by atoms with van der Waals surface area (Å²) in [6.45, 7) is 3.34. The van der Waals surface area contributed by atoms with Crippen LogP contribution in [-0.2, 0) is 9.59 Å². The Labute approximate surface area is 133 Å². The highest BCUT2D eigenvalue weighted by Crippen LogP contribution is 2.30. The minimum absolute atomic E-state index is 0.183. The number of amides is 1. The zero-order chi connectivity index (χ0) is 15.9. The highest BCUT2D eigenvalue weighted by Gasteiger charge is 2.28. The van der Waals surface area contributed by atoms with Crippen molar-refractivity contribution < 1.29 is 9.59 Å². The summed E-state index contributed by atoms with van der Waals surface area (Å²) in [4.78, 5) is 23.6. The van der Waals surface area contributed by atoms with E-state index in [1.54, 1.807) is 6.92 Å². The first-order valence-electron chi connectivity index (χ1n) is 8.81. The predicted molar refractivity (Wildman–Crippen MR) is 86.8 cm³/mol. The van der Waals surface area contributed by atoms with Crippen LogP contribution in [0.1, 0.15) is 58.3 Å². The summed E-state index contributed by atoms with van der Waals surface area (Å²) in [7, 11) is 0. The summed E-state index contributed by atoms with van der Waals surface area (Å²) in [6.07, 6.45) is 8.27. The number of carbonyl (C=O) groups is 2. The molecule has 0 aromatic rings. The summed E-state index contributed by atoms with van der Waals surface area (Å²) in [6, 6.07) is 0. The van der Waals surface area contributed by atoms with Gasteiger partial charge in [-0.25, -0.2) is 0 Å². The predicted octanol–water partition coefficient (Wildman–Crippen LogP) is 1.77. The SMILES string of the molecule is CC(=O)C1CCC(CNC(=O)C2CCC(CNN)CC2)CC1. The molecule has 22 heavy (non-hydrogen) atoms. The van der Waals surface area contributed by atoms with Gasteiger partial charge in [-0.05, 0) is 70.1 Å². The van der Waals surface area contributed by atoms with Crippen LogP contribution in [0.2, 0.25) is 0 Å². The van der Waals surface area contributed by atoms with Gasteiger partial charge in [-0.3, -0.25) is 20.9 Å². The van der Waals surface area contributed by atoms with Gasteiger partial charge >= 0.3 is 0 Å². The molecule has 0 aromatic heterocycles. The summed E-state index contributed by atoms with van der Waals surface area (Å²) < 4.78 is 0. The minimum atomic E-state index is 0.183. The van der Waals surface area contributed by atoms with Gasteiger partial charge in [-0.15, -0.1) is 0 Å². The van der Waals surface area contributed by atoms with E-state index in [9.17, 15) is 9.59 Å². The topological polar surface area (TPSA) is 84.2 Å². The Morgan fingerprint density at radius 3 is 1.86 bits per heavy atom. The van der Waals surface area contributed by atoms with E-state index < -0.39 is 0 Å². The molecule has 2 aliphatic carbocycles. The van der Waals surface area contributed by atoms with Gasteiger partial charge in [-0.1, -0.05) is 0 Å². The normalized spacial score (nSPS) is 32.5. The number of nitrogens with two attached hydrogens (primary N) is 1. The lowest BCUT2D eigenvalue weighted by atomic mass is 9.79. The molecule has 0 unspecified atom stereocenters. The molecular formula is C17H31N3O2. The molecule has 126 valence electrons. The summed E-state index contributed by atoms with van der Waals surface area (Å²) >= 11 is 0. The molecule has 2 fully saturated rings. The van der Waals surface area contributed by atoms with Crippen molar-refractivity contribution in [3.8, 4) is 0 Å². The van der Waals surface area contributed by atoms with Crippen molar-refractivity contribution in [1.29, 1.82) is 0 Å². The molecule has 0 radical (unpaired) electrons. The molecule has 4 N–H and O–H groups in total. The third-order valence-corrected chi connectivity index (χ3v) is 5.61. The van der Waals surface area contributed by atoms with E-state index in [0.29, 0.717) is 17.6 Å². The summed E-state index contributed by atoms with van der Waals surface area (Å²) in [5.74, 6) is 7.54. The van der Waals surface area contributed by atoms with Crippen LogP contribution in [-0.4, -0.2) is 24.8 Å². The Balaban J connectivity index is 1.63. The molecule has 2 aliphatic rings. The molecule has 5 nitrogen and oxygen atoms in total. The van der Waals surface area contributed by atoms with Crippen molar-refractivity contribution in [3.63, 3.8) is 0 Å². The van der Waals surface area contributed by atoms with E-state index >= 15 is 0 Å². The monoisotopic (exact) mass is 309 g/mol. The molecule has 0 heterocycles. The fraction of sp³-hybridized carbons (Fsp3) is 0.882. The molecule has 0 aliphatic heterocycles. The Morgan fingerprint density at radius 1 is 0.864 bits per heavy atom. The van der Waals surface area contributed by atoms with Crippen molar-refractivity contribution in [3.05, 3.63) is 0 Å². The van der Waals surface area contributed by atoms with Gasteiger partial charge in [0.2, 0.25) is 5.91 Å². The van der Waals surface area contributed by atoms with Crippen molar-refractivity contribution in [1.82, 2.24) is 10.7 Å². The Bertz CT molecular complexity index is 370. The number of ketones is 1. The van der Waals surface area contributed by atoms with Crippen molar-refractivity contribution in [2.24, 2.45) is 29.5 Å². The van der Waals surface area contributed by atoms with E-state index in [0.717, 1.165) is 64.5 Å². The number of Topliss-reactive ketones (excluding diaryl/α,β-unsaturated/α-hetero) is 1. The number of hydrazine groups is 1. The van der Waals surface area contributed by atoms with Gasteiger partial charge < -0.3 is 5.32 Å². The average molecular weight is 309 g/mol. The van der Waals surface area contributed by atoms with Crippen LogP contribution in [0, 0.1) is 23.7 Å². The second-order valence-corrected chi connectivity index (χ2v) is 7.20. The molecule has 2 rings (SSSR count). The summed E-state index contributed by atoms with van der Waals surface area (Å²) in [5, 5.41) is 3.15. The number of hydrogen-bond donors (Lipinski definition) is 3. The quantitative estimate of drug-likeness (QED) is 0.516. The first kappa shape index (κ1) is 17.4. The zero-order valence-corrected chi connectivity index (χ0v) is 13.8. The molecule has 0 spiro atoms. The van der Waals surface area contributed by atoms with E-state index in [1.807, 2.05) is 0 Å². The maximum Gasteiger partial charge on any atom is 0.223 e. The first-order valence-corrected chi connectivity index (χ1v) is 8.81. The smallest absolute Gasteiger partial charge is 0.223 e. The maximum atomic E-state index is 12.3. The van der Waals surface area contributed by atoms with Crippen molar-refractivity contribution >= 4 is 11.7 Å². The third-order valence-electron chi connectivity index (χ3n) is 5.61. The number of hydrogen-bond acceptors (Lipinski definition) is 4. The fourth-order valence-electron chi connectivity index (χ4n) is 3.96. The van der Waals surface area contributed by atoms with Gasteiger partial charge in [0.1, 0.15) is 5.78 Å². The second-order valence-electron chi connectivity index (χ2n) is 7.20. The standard InChI is InChI=1S/C17H31N3O2/c1-12(21)15-6-2-13(3-7-15)10-19-17(22)16-8-4-14(5-9-16)11-20-18/h13-16,20H,2-11,18H2,1H3,(H,19,22). The van der Waals surface area contributed by atoms with Gasteiger partial charge in [0.05, 0.1) is 0 Å². The van der Waals surface area contributed by atoms with E-state index in [4.69, 9.17) is 5.84 Å². The Kier molecular flexibility index (Phi) is 6.83. The Morgan fingerprint density at radius 2 is 1.36 bits per heavy atom. The van der Waals surface area contributed by atoms with E-state index in [-0.39, 0.29) is 17.7 Å². The van der Waals surface area contributed by atoms with Crippen LogP contribution in [0.4, 0.5) is 0 Å².